The van der Waals surface area contributed by atoms with E-state index in [1.54, 1.807) is 43.1 Å². The number of esters is 1. The maximum Gasteiger partial charge on any atom is 0.338 e. The minimum atomic E-state index is -0.363. The highest BCUT2D eigenvalue weighted by Crippen LogP contribution is 2.34. The lowest BCUT2D eigenvalue weighted by molar-refractivity contribution is -0.121. The number of aliphatic imine (C=N–C) groups is 1. The van der Waals surface area contributed by atoms with E-state index >= 15 is 0 Å². The number of carbonyl (C=O) groups excluding carboxylic acids is 2. The van der Waals surface area contributed by atoms with E-state index in [1.165, 1.54) is 17.3 Å². The molecule has 34 heavy (non-hydrogen) atoms. The molecule has 0 spiro atoms. The van der Waals surface area contributed by atoms with Crippen molar-refractivity contribution in [2.75, 3.05) is 13.7 Å². The fourth-order valence-corrected chi connectivity index (χ4v) is 4.87. The van der Waals surface area contributed by atoms with Crippen LogP contribution >= 0.6 is 11.8 Å². The number of nitrogens with zero attached hydrogens (tertiary/aromatic N) is 3. The zero-order valence-corrected chi connectivity index (χ0v) is 20.8. The molecule has 6 nitrogen and oxygen atoms in total. The van der Waals surface area contributed by atoms with Crippen LogP contribution in [0.15, 0.2) is 64.5 Å². The van der Waals surface area contributed by atoms with Gasteiger partial charge in [-0.15, -0.1) is 0 Å². The van der Waals surface area contributed by atoms with Crippen molar-refractivity contribution in [3.63, 3.8) is 0 Å². The molecule has 0 bridgehead atoms. The van der Waals surface area contributed by atoms with Crippen LogP contribution in [-0.2, 0) is 9.53 Å². The Bertz CT molecular complexity index is 1320. The molecule has 2 heterocycles. The predicted molar refractivity (Wildman–Crippen MR) is 138 cm³/mol. The number of likely N-dealkylation sites (N-methyl/N-ethyl adjacent to an activating group) is 1. The maximum atomic E-state index is 12.9. The Morgan fingerprint density at radius 3 is 2.50 bits per heavy atom. The first-order chi connectivity index (χ1) is 16.3. The minimum absolute atomic E-state index is 0.0905. The Morgan fingerprint density at radius 1 is 1.09 bits per heavy atom. The molecular formula is C27H27N3O3S. The van der Waals surface area contributed by atoms with Gasteiger partial charge in [0, 0.05) is 24.1 Å². The number of benzene rings is 2. The summed E-state index contributed by atoms with van der Waals surface area (Å²) in [6, 6.07) is 17.3. The van der Waals surface area contributed by atoms with Crippen LogP contribution in [0.3, 0.4) is 0 Å². The number of ether oxygens (including phenoxy) is 1. The number of aromatic nitrogens is 1. The second-order valence-electron chi connectivity index (χ2n) is 8.14. The minimum Gasteiger partial charge on any atom is -0.462 e. The van der Waals surface area contributed by atoms with Crippen LogP contribution in [0.4, 0.5) is 5.69 Å². The number of hydrogen-bond donors (Lipinski definition) is 0. The summed E-state index contributed by atoms with van der Waals surface area (Å²) in [6.07, 6.45) is 1.94. The number of hydrogen-bond acceptors (Lipinski definition) is 5. The van der Waals surface area contributed by atoms with E-state index in [0.29, 0.717) is 27.9 Å². The van der Waals surface area contributed by atoms with Gasteiger partial charge in [-0.1, -0.05) is 12.1 Å². The molecule has 1 fully saturated rings. The fraction of sp³-hybridized carbons (Fsp3) is 0.222. The van der Waals surface area contributed by atoms with E-state index in [1.807, 2.05) is 6.08 Å². The molecule has 0 saturated carbocycles. The lowest BCUT2D eigenvalue weighted by Crippen LogP contribution is -2.23. The lowest BCUT2D eigenvalue weighted by Gasteiger charge is -2.10. The van der Waals surface area contributed by atoms with E-state index in [-0.39, 0.29) is 11.9 Å². The highest BCUT2D eigenvalue weighted by molar-refractivity contribution is 8.18. The van der Waals surface area contributed by atoms with Crippen molar-refractivity contribution in [2.24, 2.45) is 4.99 Å². The maximum absolute atomic E-state index is 12.9. The molecule has 2 aromatic carbocycles. The van der Waals surface area contributed by atoms with Crippen LogP contribution in [0.5, 0.6) is 0 Å². The molecule has 3 aromatic rings. The summed E-state index contributed by atoms with van der Waals surface area (Å²) < 4.78 is 7.22. The van der Waals surface area contributed by atoms with E-state index in [0.717, 1.165) is 22.6 Å². The Hall–Kier alpha value is -3.58. The topological polar surface area (TPSA) is 63.9 Å². The molecule has 0 N–H and O–H groups in total. The van der Waals surface area contributed by atoms with Gasteiger partial charge in [0.15, 0.2) is 5.17 Å². The largest absolute Gasteiger partial charge is 0.462 e. The zero-order chi connectivity index (χ0) is 24.4. The molecule has 1 saturated heterocycles. The van der Waals surface area contributed by atoms with Crippen molar-refractivity contribution in [1.82, 2.24) is 9.47 Å². The molecule has 0 aliphatic carbocycles. The summed E-state index contributed by atoms with van der Waals surface area (Å²) in [5, 5.41) is 0.590. The van der Waals surface area contributed by atoms with Gasteiger partial charge in [-0.05, 0) is 99.1 Å². The van der Waals surface area contributed by atoms with Gasteiger partial charge in [0.2, 0.25) is 0 Å². The summed E-state index contributed by atoms with van der Waals surface area (Å²) in [6.45, 7) is 8.31. The summed E-state index contributed by atoms with van der Waals surface area (Å²) >= 11 is 1.34. The number of thioether (sulfide) groups is 1. The Kier molecular flexibility index (Phi) is 6.75. The van der Waals surface area contributed by atoms with Crippen LogP contribution in [0.2, 0.25) is 0 Å². The highest BCUT2D eigenvalue weighted by Gasteiger charge is 2.30. The molecule has 1 amide bonds. The van der Waals surface area contributed by atoms with Gasteiger partial charge in [0.1, 0.15) is 0 Å². The summed E-state index contributed by atoms with van der Waals surface area (Å²) in [5.74, 6) is -0.454. The molecule has 0 atom stereocenters. The third-order valence-electron chi connectivity index (χ3n) is 5.62. The number of aryl methyl sites for hydroxylation is 2. The summed E-state index contributed by atoms with van der Waals surface area (Å²) in [5.41, 5.74) is 6.62. The average Bonchev–Trinajstić information content (AvgIpc) is 3.24. The van der Waals surface area contributed by atoms with Gasteiger partial charge < -0.3 is 9.30 Å². The zero-order valence-electron chi connectivity index (χ0n) is 20.0. The monoisotopic (exact) mass is 473 g/mol. The third kappa shape index (κ3) is 4.70. The first-order valence-corrected chi connectivity index (χ1v) is 11.9. The smallest absolute Gasteiger partial charge is 0.338 e. The van der Waals surface area contributed by atoms with Crippen molar-refractivity contribution >= 4 is 40.6 Å². The first kappa shape index (κ1) is 23.6. The summed E-state index contributed by atoms with van der Waals surface area (Å²) in [4.78, 5) is 31.6. The lowest BCUT2D eigenvalue weighted by atomic mass is 10.2. The molecule has 1 aliphatic rings. The molecule has 1 aliphatic heterocycles. The predicted octanol–water partition coefficient (Wildman–Crippen LogP) is 5.81. The van der Waals surface area contributed by atoms with Gasteiger partial charge in [0.25, 0.3) is 5.91 Å². The first-order valence-electron chi connectivity index (χ1n) is 11.1. The van der Waals surface area contributed by atoms with Crippen molar-refractivity contribution in [1.29, 1.82) is 0 Å². The molecule has 0 radical (unpaired) electrons. The van der Waals surface area contributed by atoms with E-state index < -0.39 is 0 Å². The van der Waals surface area contributed by atoms with Crippen molar-refractivity contribution in [3.05, 3.63) is 87.6 Å². The van der Waals surface area contributed by atoms with Crippen molar-refractivity contribution < 1.29 is 14.3 Å². The van der Waals surface area contributed by atoms with Crippen LogP contribution in [0.1, 0.15) is 39.8 Å². The summed E-state index contributed by atoms with van der Waals surface area (Å²) in [7, 11) is 1.72. The van der Waals surface area contributed by atoms with Gasteiger partial charge in [-0.25, -0.2) is 9.79 Å². The Labute approximate surface area is 203 Å². The SMILES string of the molecule is CCOC(=O)c1ccc(N=C2SC(=Cc3cc(C)n(-c4cccc(C)c4)c3C)C(=O)N2C)cc1. The second-order valence-corrected chi connectivity index (χ2v) is 9.15. The number of amidine groups is 1. The van der Waals surface area contributed by atoms with Gasteiger partial charge in [0.05, 0.1) is 22.8 Å². The Balaban J connectivity index is 1.60. The fourth-order valence-electron chi connectivity index (χ4n) is 3.89. The highest BCUT2D eigenvalue weighted by atomic mass is 32.2. The molecular weight excluding hydrogens is 446 g/mol. The van der Waals surface area contributed by atoms with Gasteiger partial charge in [-0.3, -0.25) is 9.69 Å². The standard InChI is InChI=1S/C27H27N3O3S/c1-6-33-26(32)20-10-12-22(13-11-20)28-27-29(5)25(31)24(34-27)16-21-15-18(3)30(19(21)4)23-9-7-8-17(2)14-23/h7-16H,6H2,1-5H3. The van der Waals surface area contributed by atoms with Gasteiger partial charge in [-0.2, -0.15) is 0 Å². The molecule has 174 valence electrons. The van der Waals surface area contributed by atoms with Crippen LogP contribution in [0, 0.1) is 20.8 Å². The normalized spacial score (nSPS) is 16.0. The quantitative estimate of drug-likeness (QED) is 0.346. The molecule has 0 unspecified atom stereocenters. The van der Waals surface area contributed by atoms with Crippen LogP contribution in [-0.4, -0.2) is 40.2 Å². The number of carbonyl (C=O) groups is 2. The van der Waals surface area contributed by atoms with Crippen molar-refractivity contribution in [3.8, 4) is 5.69 Å². The van der Waals surface area contributed by atoms with E-state index in [9.17, 15) is 9.59 Å². The number of amides is 1. The average molecular weight is 474 g/mol. The van der Waals surface area contributed by atoms with Gasteiger partial charge >= 0.3 is 5.97 Å². The van der Waals surface area contributed by atoms with E-state index in [2.05, 4.69) is 60.7 Å². The molecule has 4 rings (SSSR count). The third-order valence-corrected chi connectivity index (χ3v) is 6.68. The molecule has 7 heteroatoms. The van der Waals surface area contributed by atoms with Crippen LogP contribution < -0.4 is 0 Å². The van der Waals surface area contributed by atoms with Crippen LogP contribution in [0.25, 0.3) is 11.8 Å². The van der Waals surface area contributed by atoms with E-state index in [4.69, 9.17) is 4.74 Å². The Morgan fingerprint density at radius 2 is 1.82 bits per heavy atom. The van der Waals surface area contributed by atoms with Crippen molar-refractivity contribution in [2.45, 2.75) is 27.7 Å². The number of rotatable bonds is 5. The molecule has 1 aromatic heterocycles. The second kappa shape index (κ2) is 9.73.